The van der Waals surface area contributed by atoms with Crippen molar-refractivity contribution in [2.24, 2.45) is 5.92 Å². The Balaban J connectivity index is 1.96. The molecule has 1 saturated heterocycles. The second-order valence-corrected chi connectivity index (χ2v) is 8.05. The molecule has 1 aromatic carbocycles. The van der Waals surface area contributed by atoms with E-state index in [0.717, 1.165) is 12.2 Å². The largest absolute Gasteiger partial charge is 0.494 e. The molecule has 2 rings (SSSR count). The normalized spacial score (nSPS) is 26.2. The molecule has 0 unspecified atom stereocenters. The standard InChI is InChI=1S/C20H31N3O6S/c1-11(2)8-9-28-14-6-4-13(5-7-14)22-20(30)23-19-16(21-12(3)25)18(27)17(26)15(10-24)29-19/h4-7,11,15-19,24,26-27H,8-10H2,1-3H3,(H,21,25)(H2,22,23,30)/t15-,16-,17-,18-,19-/m1/s1. The van der Waals surface area contributed by atoms with Gasteiger partial charge in [-0.3, -0.25) is 4.79 Å². The number of hydrogen-bond acceptors (Lipinski definition) is 7. The maximum Gasteiger partial charge on any atom is 0.217 e. The molecular weight excluding hydrogens is 410 g/mol. The summed E-state index contributed by atoms with van der Waals surface area (Å²) in [4.78, 5) is 11.5. The summed E-state index contributed by atoms with van der Waals surface area (Å²) in [6, 6.07) is 6.30. The highest BCUT2D eigenvalue weighted by atomic mass is 32.1. The minimum absolute atomic E-state index is 0.184. The zero-order chi connectivity index (χ0) is 22.3. The van der Waals surface area contributed by atoms with Crippen molar-refractivity contribution >= 4 is 28.9 Å². The van der Waals surface area contributed by atoms with Crippen molar-refractivity contribution in [2.45, 2.75) is 57.8 Å². The lowest BCUT2D eigenvalue weighted by molar-refractivity contribution is -0.198. The molecule has 1 heterocycles. The van der Waals surface area contributed by atoms with Crippen LogP contribution in [0.5, 0.6) is 5.75 Å². The number of benzene rings is 1. The summed E-state index contributed by atoms with van der Waals surface area (Å²) >= 11 is 5.31. The Morgan fingerprint density at radius 2 is 1.87 bits per heavy atom. The van der Waals surface area contributed by atoms with Gasteiger partial charge in [0.05, 0.1) is 13.2 Å². The van der Waals surface area contributed by atoms with Gasteiger partial charge in [0.1, 0.15) is 30.1 Å². The van der Waals surface area contributed by atoms with Crippen LogP contribution in [0, 0.1) is 5.92 Å². The number of anilines is 1. The Morgan fingerprint density at radius 1 is 1.20 bits per heavy atom. The van der Waals surface area contributed by atoms with Crippen LogP contribution >= 0.6 is 12.2 Å². The van der Waals surface area contributed by atoms with Gasteiger partial charge in [0.25, 0.3) is 0 Å². The highest BCUT2D eigenvalue weighted by Gasteiger charge is 2.45. The molecule has 0 aromatic heterocycles. The van der Waals surface area contributed by atoms with Gasteiger partial charge in [-0.05, 0) is 48.8 Å². The van der Waals surface area contributed by atoms with Crippen LogP contribution in [-0.4, -0.2) is 70.1 Å². The summed E-state index contributed by atoms with van der Waals surface area (Å²) in [5, 5.41) is 38.3. The van der Waals surface area contributed by atoms with Gasteiger partial charge in [-0.1, -0.05) is 13.8 Å². The van der Waals surface area contributed by atoms with Crippen LogP contribution in [-0.2, 0) is 9.53 Å². The molecule has 1 aliphatic rings. The molecule has 0 spiro atoms. The molecule has 168 valence electrons. The first-order valence-corrected chi connectivity index (χ1v) is 10.3. The van der Waals surface area contributed by atoms with Gasteiger partial charge < -0.3 is 40.7 Å². The third-order valence-corrected chi connectivity index (χ3v) is 4.87. The zero-order valence-electron chi connectivity index (χ0n) is 17.4. The number of carbonyl (C=O) groups is 1. The van der Waals surface area contributed by atoms with Gasteiger partial charge in [0.15, 0.2) is 11.3 Å². The molecule has 1 amide bonds. The van der Waals surface area contributed by atoms with E-state index in [1.54, 1.807) is 12.1 Å². The number of thiocarbonyl (C=S) groups is 1. The summed E-state index contributed by atoms with van der Waals surface area (Å²) in [5.74, 6) is 0.920. The molecule has 1 fully saturated rings. The second kappa shape index (κ2) is 11.4. The quantitative estimate of drug-likeness (QED) is 0.316. The molecule has 6 N–H and O–H groups in total. The van der Waals surface area contributed by atoms with Gasteiger partial charge >= 0.3 is 0 Å². The SMILES string of the molecule is CC(=O)N[C@@H]1[C@@H](O)[C@H](O)[C@@H](CO)O[C@H]1NC(=S)Nc1ccc(OCCC(C)C)cc1. The summed E-state index contributed by atoms with van der Waals surface area (Å²) in [5.41, 5.74) is 0.704. The zero-order valence-corrected chi connectivity index (χ0v) is 18.2. The Labute approximate surface area is 181 Å². The lowest BCUT2D eigenvalue weighted by Gasteiger charge is -2.43. The monoisotopic (exact) mass is 441 g/mol. The number of amides is 1. The topological polar surface area (TPSA) is 132 Å². The van der Waals surface area contributed by atoms with Crippen molar-refractivity contribution in [2.75, 3.05) is 18.5 Å². The fourth-order valence-corrected chi connectivity index (χ4v) is 3.21. The predicted molar refractivity (Wildman–Crippen MR) is 116 cm³/mol. The number of ether oxygens (including phenoxy) is 2. The van der Waals surface area contributed by atoms with E-state index in [0.29, 0.717) is 18.2 Å². The fourth-order valence-electron chi connectivity index (χ4n) is 2.98. The smallest absolute Gasteiger partial charge is 0.217 e. The first kappa shape index (κ1) is 24.3. The number of nitrogens with one attached hydrogen (secondary N) is 3. The van der Waals surface area contributed by atoms with Crippen molar-refractivity contribution < 1.29 is 29.6 Å². The Morgan fingerprint density at radius 3 is 2.43 bits per heavy atom. The van der Waals surface area contributed by atoms with E-state index in [9.17, 15) is 20.1 Å². The molecule has 0 bridgehead atoms. The molecule has 10 heteroatoms. The van der Waals surface area contributed by atoms with E-state index in [4.69, 9.17) is 21.7 Å². The molecule has 30 heavy (non-hydrogen) atoms. The lowest BCUT2D eigenvalue weighted by atomic mass is 9.96. The average Bonchev–Trinajstić information content (AvgIpc) is 2.68. The summed E-state index contributed by atoms with van der Waals surface area (Å²) in [6.45, 7) is 5.71. The van der Waals surface area contributed by atoms with E-state index < -0.39 is 43.1 Å². The lowest BCUT2D eigenvalue weighted by Crippen LogP contribution is -2.68. The first-order chi connectivity index (χ1) is 14.2. The molecular formula is C20H31N3O6S. The van der Waals surface area contributed by atoms with Crippen LogP contribution in [0.4, 0.5) is 5.69 Å². The molecule has 1 aliphatic heterocycles. The van der Waals surface area contributed by atoms with E-state index in [-0.39, 0.29) is 5.11 Å². The van der Waals surface area contributed by atoms with Crippen molar-refractivity contribution in [3.8, 4) is 5.75 Å². The van der Waals surface area contributed by atoms with Crippen molar-refractivity contribution in [3.05, 3.63) is 24.3 Å². The molecule has 5 atom stereocenters. The maximum absolute atomic E-state index is 11.5. The molecule has 0 aliphatic carbocycles. The maximum atomic E-state index is 11.5. The van der Waals surface area contributed by atoms with Crippen LogP contribution < -0.4 is 20.7 Å². The van der Waals surface area contributed by atoms with E-state index in [1.165, 1.54) is 6.92 Å². The van der Waals surface area contributed by atoms with Crippen molar-refractivity contribution in [1.82, 2.24) is 10.6 Å². The molecule has 1 aromatic rings. The highest BCUT2D eigenvalue weighted by molar-refractivity contribution is 7.80. The number of aliphatic hydroxyl groups excluding tert-OH is 3. The van der Waals surface area contributed by atoms with Crippen LogP contribution in [0.15, 0.2) is 24.3 Å². The number of hydrogen-bond donors (Lipinski definition) is 6. The summed E-state index contributed by atoms with van der Waals surface area (Å²) < 4.78 is 11.3. The molecule has 0 saturated carbocycles. The Hall–Kier alpha value is -1.98. The number of carbonyl (C=O) groups excluding carboxylic acids is 1. The van der Waals surface area contributed by atoms with Gasteiger partial charge in [-0.25, -0.2) is 0 Å². The Bertz CT molecular complexity index is 702. The third kappa shape index (κ3) is 7.06. The Kier molecular flexibility index (Phi) is 9.25. The van der Waals surface area contributed by atoms with Crippen molar-refractivity contribution in [1.29, 1.82) is 0 Å². The number of aliphatic hydroxyl groups is 3. The van der Waals surface area contributed by atoms with Crippen LogP contribution in [0.1, 0.15) is 27.2 Å². The van der Waals surface area contributed by atoms with E-state index in [1.807, 2.05) is 12.1 Å². The second-order valence-electron chi connectivity index (χ2n) is 7.64. The third-order valence-electron chi connectivity index (χ3n) is 4.65. The van der Waals surface area contributed by atoms with Gasteiger partial charge in [-0.2, -0.15) is 0 Å². The minimum atomic E-state index is -1.35. The molecule has 9 nitrogen and oxygen atoms in total. The number of rotatable bonds is 8. The van der Waals surface area contributed by atoms with Crippen LogP contribution in [0.2, 0.25) is 0 Å². The van der Waals surface area contributed by atoms with Gasteiger partial charge in [-0.15, -0.1) is 0 Å². The summed E-state index contributed by atoms with van der Waals surface area (Å²) in [6.07, 6.45) is -3.70. The van der Waals surface area contributed by atoms with E-state index >= 15 is 0 Å². The minimum Gasteiger partial charge on any atom is -0.494 e. The van der Waals surface area contributed by atoms with Gasteiger partial charge in [0.2, 0.25) is 5.91 Å². The predicted octanol–water partition coefficient (Wildman–Crippen LogP) is 0.342. The van der Waals surface area contributed by atoms with Gasteiger partial charge in [0, 0.05) is 12.6 Å². The molecule has 0 radical (unpaired) electrons. The average molecular weight is 442 g/mol. The van der Waals surface area contributed by atoms with E-state index in [2.05, 4.69) is 29.8 Å². The van der Waals surface area contributed by atoms with Crippen LogP contribution in [0.3, 0.4) is 0 Å². The highest BCUT2D eigenvalue weighted by Crippen LogP contribution is 2.21. The first-order valence-electron chi connectivity index (χ1n) is 9.91. The summed E-state index contributed by atoms with van der Waals surface area (Å²) in [7, 11) is 0. The van der Waals surface area contributed by atoms with Crippen molar-refractivity contribution in [3.63, 3.8) is 0 Å². The fraction of sp³-hybridized carbons (Fsp3) is 0.600. The van der Waals surface area contributed by atoms with Crippen LogP contribution in [0.25, 0.3) is 0 Å².